The molecular weight excluding hydrogens is 260 g/mol. The highest BCUT2D eigenvalue weighted by molar-refractivity contribution is 5.72. The number of piperidine rings is 1. The van der Waals surface area contributed by atoms with E-state index in [0.29, 0.717) is 13.0 Å². The molecule has 20 heavy (non-hydrogen) atoms. The molecule has 3 N–H and O–H groups in total. The van der Waals surface area contributed by atoms with Crippen LogP contribution in [0.2, 0.25) is 0 Å². The molecule has 7 nitrogen and oxygen atoms in total. The van der Waals surface area contributed by atoms with Crippen molar-refractivity contribution in [3.8, 4) is 0 Å². The number of aromatic nitrogens is 2. The van der Waals surface area contributed by atoms with Crippen LogP contribution >= 0.6 is 0 Å². The van der Waals surface area contributed by atoms with E-state index in [1.807, 2.05) is 17.9 Å². The van der Waals surface area contributed by atoms with Gasteiger partial charge in [0.25, 0.3) is 0 Å². The van der Waals surface area contributed by atoms with Gasteiger partial charge in [-0.1, -0.05) is 0 Å². The maximum atomic E-state index is 10.9. The molecule has 1 amide bonds. The molecule has 2 rings (SSSR count). The largest absolute Gasteiger partial charge is 0.388 e. The van der Waals surface area contributed by atoms with Crippen molar-refractivity contribution in [1.29, 1.82) is 0 Å². The smallest absolute Gasteiger partial charge is 0.216 e. The first-order chi connectivity index (χ1) is 9.40. The lowest BCUT2D eigenvalue weighted by Crippen LogP contribution is -2.60. The number of nitrogens with zero attached hydrogens (tertiary/aromatic N) is 3. The average Bonchev–Trinajstić information content (AvgIpc) is 2.40. The lowest BCUT2D eigenvalue weighted by Gasteiger charge is -2.42. The Labute approximate surface area is 117 Å². The van der Waals surface area contributed by atoms with Crippen LogP contribution in [0.25, 0.3) is 0 Å². The minimum atomic E-state index is -1.29. The van der Waals surface area contributed by atoms with E-state index in [1.54, 1.807) is 0 Å². The fourth-order valence-electron chi connectivity index (χ4n) is 2.27. The molecule has 1 aliphatic heterocycles. The maximum absolute atomic E-state index is 10.9. The Morgan fingerprint density at radius 2 is 2.35 bits per heavy atom. The van der Waals surface area contributed by atoms with Crippen LogP contribution in [0.4, 0.5) is 5.82 Å². The molecule has 1 fully saturated rings. The Morgan fingerprint density at radius 1 is 1.60 bits per heavy atom. The molecule has 0 aromatic carbocycles. The fraction of sp³-hybridized carbons (Fsp3) is 0.615. The third-order valence-electron chi connectivity index (χ3n) is 3.59. The lowest BCUT2D eigenvalue weighted by molar-refractivity contribution is -0.123. The molecule has 0 bridgehead atoms. The number of β-amino-alcohol motifs (C(OH)–C–C–N with tert-alkyl or cyclic N) is 1. The zero-order valence-corrected chi connectivity index (χ0v) is 11.7. The second kappa shape index (κ2) is 5.72. The van der Waals surface area contributed by atoms with Crippen molar-refractivity contribution in [2.24, 2.45) is 0 Å². The molecule has 1 saturated heterocycles. The minimum absolute atomic E-state index is 0.0557. The van der Waals surface area contributed by atoms with Crippen molar-refractivity contribution in [2.75, 3.05) is 24.5 Å². The molecule has 7 heteroatoms. The summed E-state index contributed by atoms with van der Waals surface area (Å²) in [4.78, 5) is 21.0. The summed E-state index contributed by atoms with van der Waals surface area (Å²) in [6.07, 6.45) is 0.894. The predicted molar refractivity (Wildman–Crippen MR) is 73.2 cm³/mol. The van der Waals surface area contributed by atoms with Gasteiger partial charge in [-0.2, -0.15) is 0 Å². The van der Waals surface area contributed by atoms with Crippen LogP contribution in [0.5, 0.6) is 0 Å². The molecule has 2 atom stereocenters. The highest BCUT2D eigenvalue weighted by Crippen LogP contribution is 2.25. The van der Waals surface area contributed by atoms with Crippen molar-refractivity contribution in [1.82, 2.24) is 15.3 Å². The number of amides is 1. The number of hydrogen-bond donors (Lipinski definition) is 3. The molecule has 0 saturated carbocycles. The summed E-state index contributed by atoms with van der Waals surface area (Å²) in [5.74, 6) is 0.512. The molecule has 2 heterocycles. The van der Waals surface area contributed by atoms with E-state index in [-0.39, 0.29) is 19.0 Å². The van der Waals surface area contributed by atoms with Gasteiger partial charge in [-0.05, 0) is 13.3 Å². The Bertz CT molecular complexity index is 496. The Hall–Kier alpha value is -1.73. The van der Waals surface area contributed by atoms with E-state index in [1.165, 1.54) is 13.3 Å². The van der Waals surface area contributed by atoms with Crippen LogP contribution in [0.15, 0.2) is 12.4 Å². The summed E-state index contributed by atoms with van der Waals surface area (Å²) in [6, 6.07) is 1.84. The van der Waals surface area contributed by atoms with Crippen LogP contribution < -0.4 is 10.2 Å². The summed E-state index contributed by atoms with van der Waals surface area (Å²) >= 11 is 0. The molecule has 0 aliphatic carbocycles. The van der Waals surface area contributed by atoms with Crippen LogP contribution in [0.3, 0.4) is 0 Å². The van der Waals surface area contributed by atoms with E-state index in [0.717, 1.165) is 11.5 Å². The van der Waals surface area contributed by atoms with Crippen molar-refractivity contribution in [3.05, 3.63) is 18.1 Å². The van der Waals surface area contributed by atoms with Crippen LogP contribution in [0, 0.1) is 6.92 Å². The van der Waals surface area contributed by atoms with Crippen molar-refractivity contribution < 1.29 is 15.0 Å². The number of carbonyl (C=O) groups excluding carboxylic acids is 1. The van der Waals surface area contributed by atoms with Gasteiger partial charge in [0.2, 0.25) is 5.91 Å². The average molecular weight is 280 g/mol. The number of aryl methyl sites for hydroxylation is 1. The summed E-state index contributed by atoms with van der Waals surface area (Å²) in [7, 11) is 0. The number of nitrogens with one attached hydrogen (secondary N) is 1. The predicted octanol–water partition coefficient (Wildman–Crippen LogP) is -0.777. The van der Waals surface area contributed by atoms with Gasteiger partial charge < -0.3 is 20.4 Å². The number of carbonyl (C=O) groups is 1. The van der Waals surface area contributed by atoms with Crippen LogP contribution in [0.1, 0.15) is 19.0 Å². The SMILES string of the molecule is CC(=O)NC[C@]1(O)CCN(c2cc(C)ncn2)C[C@H]1O. The van der Waals surface area contributed by atoms with Gasteiger partial charge in [0.1, 0.15) is 23.9 Å². The molecule has 1 aromatic heterocycles. The number of aliphatic hydroxyl groups is 2. The summed E-state index contributed by atoms with van der Waals surface area (Å²) in [6.45, 7) is 4.14. The standard InChI is InChI=1S/C13H20N4O3/c1-9-5-12(16-8-15-9)17-4-3-13(20,11(19)6-17)7-14-10(2)18/h5,8,11,19-20H,3-4,6-7H2,1-2H3,(H,14,18)/t11-,13-/m1/s1. The Balaban J connectivity index is 2.03. The first-order valence-electron chi connectivity index (χ1n) is 6.59. The van der Waals surface area contributed by atoms with Gasteiger partial charge in [0.05, 0.1) is 0 Å². The van der Waals surface area contributed by atoms with E-state index < -0.39 is 11.7 Å². The van der Waals surface area contributed by atoms with E-state index >= 15 is 0 Å². The summed E-state index contributed by atoms with van der Waals surface area (Å²) in [5.41, 5.74) is -0.437. The number of rotatable bonds is 3. The van der Waals surface area contributed by atoms with E-state index in [9.17, 15) is 15.0 Å². The van der Waals surface area contributed by atoms with E-state index in [2.05, 4.69) is 15.3 Å². The van der Waals surface area contributed by atoms with Crippen molar-refractivity contribution >= 4 is 11.7 Å². The maximum Gasteiger partial charge on any atom is 0.216 e. The first kappa shape index (κ1) is 14.7. The minimum Gasteiger partial charge on any atom is -0.388 e. The third kappa shape index (κ3) is 3.23. The molecule has 1 aromatic rings. The Kier molecular flexibility index (Phi) is 4.20. The number of aliphatic hydroxyl groups excluding tert-OH is 1. The number of anilines is 1. The van der Waals surface area contributed by atoms with Gasteiger partial charge in [-0.25, -0.2) is 9.97 Å². The third-order valence-corrected chi connectivity index (χ3v) is 3.59. The van der Waals surface area contributed by atoms with Crippen molar-refractivity contribution in [2.45, 2.75) is 32.0 Å². The first-order valence-corrected chi connectivity index (χ1v) is 6.59. The molecular formula is C13H20N4O3. The normalized spacial score (nSPS) is 26.4. The fourth-order valence-corrected chi connectivity index (χ4v) is 2.27. The topological polar surface area (TPSA) is 98.6 Å². The van der Waals surface area contributed by atoms with Gasteiger partial charge in [0.15, 0.2) is 0 Å². The van der Waals surface area contributed by atoms with Gasteiger partial charge in [0, 0.05) is 38.3 Å². The molecule has 0 spiro atoms. The molecule has 110 valence electrons. The highest BCUT2D eigenvalue weighted by atomic mass is 16.3. The molecule has 0 unspecified atom stereocenters. The van der Waals surface area contributed by atoms with Crippen molar-refractivity contribution in [3.63, 3.8) is 0 Å². The van der Waals surface area contributed by atoms with Crippen LogP contribution in [-0.2, 0) is 4.79 Å². The monoisotopic (exact) mass is 280 g/mol. The number of hydrogen-bond acceptors (Lipinski definition) is 6. The molecule has 1 aliphatic rings. The lowest BCUT2D eigenvalue weighted by atomic mass is 9.88. The summed E-state index contributed by atoms with van der Waals surface area (Å²) < 4.78 is 0. The quantitative estimate of drug-likeness (QED) is 0.672. The van der Waals surface area contributed by atoms with E-state index in [4.69, 9.17) is 0 Å². The van der Waals surface area contributed by atoms with Crippen LogP contribution in [-0.4, -0.2) is 57.4 Å². The highest BCUT2D eigenvalue weighted by Gasteiger charge is 2.41. The van der Waals surface area contributed by atoms with Gasteiger partial charge in [-0.3, -0.25) is 4.79 Å². The molecule has 0 radical (unpaired) electrons. The summed E-state index contributed by atoms with van der Waals surface area (Å²) in [5, 5.41) is 23.1. The second-order valence-electron chi connectivity index (χ2n) is 5.24. The zero-order valence-electron chi connectivity index (χ0n) is 11.7. The zero-order chi connectivity index (χ0) is 14.8. The van der Waals surface area contributed by atoms with Gasteiger partial charge >= 0.3 is 0 Å². The second-order valence-corrected chi connectivity index (χ2v) is 5.24. The van der Waals surface area contributed by atoms with Gasteiger partial charge in [-0.15, -0.1) is 0 Å². The Morgan fingerprint density at radius 3 is 2.95 bits per heavy atom.